The van der Waals surface area contributed by atoms with E-state index in [1.165, 1.54) is 0 Å². The number of phenols is 1. The van der Waals surface area contributed by atoms with Crippen LogP contribution >= 0.6 is 12.6 Å². The Labute approximate surface area is 205 Å². The van der Waals surface area contributed by atoms with Gasteiger partial charge in [-0.25, -0.2) is 0 Å². The molecule has 0 radical (unpaired) electrons. The third-order valence-electron chi connectivity index (χ3n) is 5.95. The zero-order chi connectivity index (χ0) is 24.5. The molecule has 1 aromatic rings. The Kier molecular flexibility index (Phi) is 10.0. The first-order chi connectivity index (χ1) is 15.8. The lowest BCUT2D eigenvalue weighted by atomic mass is 9.96. The number of hydrogen-bond acceptors (Lipinski definition) is 6. The maximum atomic E-state index is 10.7. The van der Waals surface area contributed by atoms with Gasteiger partial charge in [0.15, 0.2) is 0 Å². The minimum atomic E-state index is 0.219. The molecule has 1 atom stereocenters. The van der Waals surface area contributed by atoms with Crippen LogP contribution in [0.2, 0.25) is 0 Å². The summed E-state index contributed by atoms with van der Waals surface area (Å²) in [4.78, 5) is 3.15. The molecule has 0 saturated carbocycles. The number of thiol groups is 1. The Morgan fingerprint density at radius 2 is 2.03 bits per heavy atom. The second kappa shape index (κ2) is 12.5. The van der Waals surface area contributed by atoms with Gasteiger partial charge in [-0.15, -0.1) is 12.6 Å². The number of phenolic OH excluding ortho intramolecular Hbond substituents is 1. The molecule has 33 heavy (non-hydrogen) atoms. The summed E-state index contributed by atoms with van der Waals surface area (Å²) in [6.45, 7) is 15.6. The largest absolute Gasteiger partial charge is 0.507 e. The molecule has 0 aromatic heterocycles. The first-order valence-electron chi connectivity index (χ1n) is 11.7. The second-order valence-corrected chi connectivity index (χ2v) is 8.67. The van der Waals surface area contributed by atoms with Crippen LogP contribution < -0.4 is 10.9 Å². The van der Waals surface area contributed by atoms with Crippen molar-refractivity contribution in [2.75, 3.05) is 13.7 Å². The number of allylic oxidation sites excluding steroid dienone is 4. The standard InChI is InChI=1S/C27H39N3O2S/c1-8-14-30(19(6)9-2)22(24(11-4)32-7)15-18(5)26-25(33)17-28-29-27(26)21-16-20(10-3)12-13-23(21)31/h11-13,15-17,19,28-29,31,33H,4,8-10,14H2,1-3,5-7H3/b18-15+,24-22-. The van der Waals surface area contributed by atoms with Crippen molar-refractivity contribution in [2.45, 2.75) is 59.9 Å². The summed E-state index contributed by atoms with van der Waals surface area (Å²) >= 11 is 4.76. The van der Waals surface area contributed by atoms with E-state index in [0.717, 1.165) is 70.1 Å². The van der Waals surface area contributed by atoms with Crippen molar-refractivity contribution in [3.05, 3.63) is 81.8 Å². The van der Waals surface area contributed by atoms with Gasteiger partial charge in [0.25, 0.3) is 0 Å². The molecule has 1 aliphatic heterocycles. The smallest absolute Gasteiger partial charge is 0.141 e. The number of aryl methyl sites for hydroxylation is 1. The normalized spacial score (nSPS) is 15.7. The Bertz CT molecular complexity index is 976. The maximum absolute atomic E-state index is 10.7. The van der Waals surface area contributed by atoms with Crippen LogP contribution in [0.3, 0.4) is 0 Å². The first kappa shape index (κ1) is 26.5. The van der Waals surface area contributed by atoms with Gasteiger partial charge in [-0.3, -0.25) is 0 Å². The van der Waals surface area contributed by atoms with Gasteiger partial charge in [0.05, 0.1) is 18.5 Å². The van der Waals surface area contributed by atoms with Crippen LogP contribution in [0.5, 0.6) is 5.75 Å². The summed E-state index contributed by atoms with van der Waals surface area (Å²) in [5.74, 6) is 0.948. The van der Waals surface area contributed by atoms with Crippen molar-refractivity contribution in [1.82, 2.24) is 15.8 Å². The highest BCUT2D eigenvalue weighted by Gasteiger charge is 2.22. The fourth-order valence-electron chi connectivity index (χ4n) is 3.95. The van der Waals surface area contributed by atoms with E-state index < -0.39 is 0 Å². The maximum Gasteiger partial charge on any atom is 0.141 e. The second-order valence-electron chi connectivity index (χ2n) is 8.19. The lowest BCUT2D eigenvalue weighted by Gasteiger charge is -2.33. The van der Waals surface area contributed by atoms with Crippen LogP contribution in [0.4, 0.5) is 0 Å². The lowest BCUT2D eigenvalue weighted by Crippen LogP contribution is -2.33. The molecule has 1 unspecified atom stereocenters. The molecule has 0 aliphatic carbocycles. The topological polar surface area (TPSA) is 56.8 Å². The monoisotopic (exact) mass is 469 g/mol. The van der Waals surface area contributed by atoms with Crippen molar-refractivity contribution >= 4 is 18.3 Å². The van der Waals surface area contributed by atoms with E-state index in [4.69, 9.17) is 17.4 Å². The average Bonchev–Trinajstić information content (AvgIpc) is 2.82. The van der Waals surface area contributed by atoms with Gasteiger partial charge in [-0.1, -0.05) is 33.4 Å². The molecule has 6 heteroatoms. The number of nitrogens with zero attached hydrogens (tertiary/aromatic N) is 1. The Morgan fingerprint density at radius 3 is 2.61 bits per heavy atom. The minimum Gasteiger partial charge on any atom is -0.507 e. The predicted molar refractivity (Wildman–Crippen MR) is 142 cm³/mol. The third kappa shape index (κ3) is 6.20. The van der Waals surface area contributed by atoms with Gasteiger partial charge in [0.1, 0.15) is 11.5 Å². The molecule has 3 N–H and O–H groups in total. The number of aromatic hydroxyl groups is 1. The molecule has 0 spiro atoms. The van der Waals surface area contributed by atoms with Crippen molar-refractivity contribution in [3.8, 4) is 5.75 Å². The summed E-state index contributed by atoms with van der Waals surface area (Å²) in [6, 6.07) is 6.04. The number of hydrogen-bond donors (Lipinski definition) is 4. The van der Waals surface area contributed by atoms with Crippen LogP contribution in [0, 0.1) is 0 Å². The molecule has 1 aliphatic rings. The Morgan fingerprint density at radius 1 is 1.30 bits per heavy atom. The molecular formula is C27H39N3O2S. The molecule has 0 bridgehead atoms. The van der Waals surface area contributed by atoms with E-state index in [9.17, 15) is 5.11 Å². The summed E-state index contributed by atoms with van der Waals surface area (Å²) in [6.07, 6.45) is 8.62. The predicted octanol–water partition coefficient (Wildman–Crippen LogP) is 6.05. The highest BCUT2D eigenvalue weighted by molar-refractivity contribution is 7.84. The average molecular weight is 470 g/mol. The molecule has 2 rings (SSSR count). The van der Waals surface area contributed by atoms with Gasteiger partial charge in [0.2, 0.25) is 0 Å². The zero-order valence-electron chi connectivity index (χ0n) is 20.8. The highest BCUT2D eigenvalue weighted by atomic mass is 32.1. The number of benzene rings is 1. The van der Waals surface area contributed by atoms with Gasteiger partial charge in [-0.2, -0.15) is 0 Å². The number of ether oxygens (including phenoxy) is 1. The number of methoxy groups -OCH3 is 1. The number of nitrogens with one attached hydrogen (secondary N) is 2. The van der Waals surface area contributed by atoms with E-state index in [0.29, 0.717) is 6.04 Å². The van der Waals surface area contributed by atoms with Crippen LogP contribution in [0.15, 0.2) is 70.6 Å². The van der Waals surface area contributed by atoms with E-state index in [1.54, 1.807) is 19.3 Å². The molecule has 0 amide bonds. The van der Waals surface area contributed by atoms with Crippen LogP contribution in [-0.2, 0) is 11.2 Å². The zero-order valence-corrected chi connectivity index (χ0v) is 21.7. The van der Waals surface area contributed by atoms with Gasteiger partial charge >= 0.3 is 0 Å². The van der Waals surface area contributed by atoms with E-state index in [2.05, 4.69) is 63.0 Å². The number of hydrazine groups is 1. The fraction of sp³-hybridized carbons (Fsp3) is 0.407. The van der Waals surface area contributed by atoms with Crippen LogP contribution in [0.1, 0.15) is 58.6 Å². The highest BCUT2D eigenvalue weighted by Crippen LogP contribution is 2.36. The summed E-state index contributed by atoms with van der Waals surface area (Å²) in [7, 11) is 1.68. The lowest BCUT2D eigenvalue weighted by molar-refractivity contribution is 0.235. The van der Waals surface area contributed by atoms with E-state index in [1.807, 2.05) is 18.3 Å². The molecule has 180 valence electrons. The Balaban J connectivity index is 2.75. The molecule has 0 saturated heterocycles. The molecule has 0 fully saturated rings. The third-order valence-corrected chi connectivity index (χ3v) is 6.31. The summed E-state index contributed by atoms with van der Waals surface area (Å²) < 4.78 is 5.72. The SMILES string of the molecule is C=C/C(OC)=C(\C=C(/C)C1=C(c2cc(CC)ccc2O)NNC=C1S)N(CCC)C(C)CC. The van der Waals surface area contributed by atoms with Crippen molar-refractivity contribution in [3.63, 3.8) is 0 Å². The first-order valence-corrected chi connectivity index (χ1v) is 12.1. The van der Waals surface area contributed by atoms with Crippen molar-refractivity contribution in [1.29, 1.82) is 0 Å². The van der Waals surface area contributed by atoms with Gasteiger partial charge < -0.3 is 25.6 Å². The van der Waals surface area contributed by atoms with Crippen LogP contribution in [0.25, 0.3) is 5.70 Å². The van der Waals surface area contributed by atoms with E-state index >= 15 is 0 Å². The van der Waals surface area contributed by atoms with Crippen LogP contribution in [-0.4, -0.2) is 29.7 Å². The fourth-order valence-corrected chi connectivity index (χ4v) is 4.30. The number of rotatable bonds is 11. The van der Waals surface area contributed by atoms with Gasteiger partial charge in [-0.05, 0) is 68.5 Å². The summed E-state index contributed by atoms with van der Waals surface area (Å²) in [5, 5.41) is 10.7. The van der Waals surface area contributed by atoms with Gasteiger partial charge in [0, 0.05) is 34.8 Å². The summed E-state index contributed by atoms with van der Waals surface area (Å²) in [5.41, 5.74) is 11.8. The molecule has 5 nitrogen and oxygen atoms in total. The molecule has 1 heterocycles. The molecular weight excluding hydrogens is 430 g/mol. The van der Waals surface area contributed by atoms with Crippen molar-refractivity contribution < 1.29 is 9.84 Å². The molecule has 1 aromatic carbocycles. The Hall–Kier alpha value is -2.73. The van der Waals surface area contributed by atoms with E-state index in [-0.39, 0.29) is 5.75 Å². The minimum absolute atomic E-state index is 0.219. The van der Waals surface area contributed by atoms with Crippen molar-refractivity contribution in [2.24, 2.45) is 0 Å². The quantitative estimate of drug-likeness (QED) is 0.181.